The minimum absolute atomic E-state index is 0.163. The lowest BCUT2D eigenvalue weighted by Gasteiger charge is -2.31. The SMILES string of the molecule is N#Cc1ccc(CN2CCCc3cc(F)ccc32)cc1. The van der Waals surface area contributed by atoms with Gasteiger partial charge in [-0.05, 0) is 54.3 Å². The van der Waals surface area contributed by atoms with E-state index in [0.29, 0.717) is 5.56 Å². The van der Waals surface area contributed by atoms with Crippen LogP contribution in [0.25, 0.3) is 0 Å². The second-order valence-electron chi connectivity index (χ2n) is 5.11. The molecule has 3 rings (SSSR count). The fraction of sp³-hybridized carbons (Fsp3) is 0.235. The Morgan fingerprint density at radius 1 is 1.15 bits per heavy atom. The molecule has 0 unspecified atom stereocenters. The first-order chi connectivity index (χ1) is 9.76. The van der Waals surface area contributed by atoms with Crippen LogP contribution in [0.15, 0.2) is 42.5 Å². The van der Waals surface area contributed by atoms with Crippen LogP contribution in [0.4, 0.5) is 10.1 Å². The molecular weight excluding hydrogens is 251 g/mol. The molecule has 1 aliphatic heterocycles. The molecule has 1 heterocycles. The Kier molecular flexibility index (Phi) is 3.39. The third-order valence-corrected chi connectivity index (χ3v) is 3.71. The molecular formula is C17H15FN2. The largest absolute Gasteiger partial charge is 0.367 e. The van der Waals surface area contributed by atoms with Gasteiger partial charge in [-0.15, -0.1) is 0 Å². The van der Waals surface area contributed by atoms with Gasteiger partial charge in [0.25, 0.3) is 0 Å². The van der Waals surface area contributed by atoms with E-state index < -0.39 is 0 Å². The van der Waals surface area contributed by atoms with E-state index in [1.54, 1.807) is 6.07 Å². The number of hydrogen-bond donors (Lipinski definition) is 0. The smallest absolute Gasteiger partial charge is 0.123 e. The van der Waals surface area contributed by atoms with Gasteiger partial charge in [-0.2, -0.15) is 5.26 Å². The first-order valence-electron chi connectivity index (χ1n) is 6.79. The molecule has 3 heteroatoms. The fourth-order valence-corrected chi connectivity index (χ4v) is 2.71. The summed E-state index contributed by atoms with van der Waals surface area (Å²) in [5.41, 5.74) is 4.06. The average molecular weight is 266 g/mol. The van der Waals surface area contributed by atoms with Gasteiger partial charge >= 0.3 is 0 Å². The summed E-state index contributed by atoms with van der Waals surface area (Å²) in [5, 5.41) is 8.81. The number of hydrogen-bond acceptors (Lipinski definition) is 2. The maximum atomic E-state index is 13.3. The van der Waals surface area contributed by atoms with Gasteiger partial charge in [-0.1, -0.05) is 12.1 Å². The van der Waals surface area contributed by atoms with E-state index in [1.165, 1.54) is 11.6 Å². The summed E-state index contributed by atoms with van der Waals surface area (Å²) in [7, 11) is 0. The molecule has 20 heavy (non-hydrogen) atoms. The molecule has 0 atom stereocenters. The topological polar surface area (TPSA) is 27.0 Å². The van der Waals surface area contributed by atoms with Crippen molar-refractivity contribution in [3.8, 4) is 6.07 Å². The van der Waals surface area contributed by atoms with Crippen molar-refractivity contribution in [1.82, 2.24) is 0 Å². The average Bonchev–Trinajstić information content (AvgIpc) is 2.48. The maximum absolute atomic E-state index is 13.3. The zero-order chi connectivity index (χ0) is 13.9. The molecule has 0 spiro atoms. The van der Waals surface area contributed by atoms with Crippen molar-refractivity contribution in [2.75, 3.05) is 11.4 Å². The van der Waals surface area contributed by atoms with E-state index in [1.807, 2.05) is 30.3 Å². The van der Waals surface area contributed by atoms with Crippen molar-refractivity contribution in [3.63, 3.8) is 0 Å². The fourth-order valence-electron chi connectivity index (χ4n) is 2.71. The molecule has 2 aromatic carbocycles. The van der Waals surface area contributed by atoms with Gasteiger partial charge in [0.1, 0.15) is 5.82 Å². The molecule has 100 valence electrons. The number of nitriles is 1. The van der Waals surface area contributed by atoms with Gasteiger partial charge in [0, 0.05) is 18.8 Å². The molecule has 0 bridgehead atoms. The number of anilines is 1. The van der Waals surface area contributed by atoms with Gasteiger partial charge in [-0.25, -0.2) is 4.39 Å². The van der Waals surface area contributed by atoms with Crippen LogP contribution < -0.4 is 4.90 Å². The summed E-state index contributed by atoms with van der Waals surface area (Å²) in [6.07, 6.45) is 1.99. The van der Waals surface area contributed by atoms with Gasteiger partial charge in [0.15, 0.2) is 0 Å². The lowest BCUT2D eigenvalue weighted by molar-refractivity contribution is 0.618. The zero-order valence-corrected chi connectivity index (χ0v) is 11.1. The third-order valence-electron chi connectivity index (χ3n) is 3.71. The minimum Gasteiger partial charge on any atom is -0.367 e. The minimum atomic E-state index is -0.163. The van der Waals surface area contributed by atoms with Crippen LogP contribution in [0, 0.1) is 17.1 Å². The summed E-state index contributed by atoms with van der Waals surface area (Å²) in [5.74, 6) is -0.163. The number of nitrogens with zero attached hydrogens (tertiary/aromatic N) is 2. The monoisotopic (exact) mass is 266 g/mol. The highest BCUT2D eigenvalue weighted by Gasteiger charge is 2.17. The first kappa shape index (κ1) is 12.7. The number of fused-ring (bicyclic) bond motifs is 1. The quantitative estimate of drug-likeness (QED) is 0.829. The van der Waals surface area contributed by atoms with E-state index in [-0.39, 0.29) is 5.82 Å². The Labute approximate surface area is 118 Å². The highest BCUT2D eigenvalue weighted by molar-refractivity contribution is 5.56. The molecule has 0 fully saturated rings. The number of aryl methyl sites for hydroxylation is 1. The Balaban J connectivity index is 1.84. The van der Waals surface area contributed by atoms with Gasteiger partial charge in [0.2, 0.25) is 0 Å². The van der Waals surface area contributed by atoms with E-state index >= 15 is 0 Å². The Morgan fingerprint density at radius 2 is 1.95 bits per heavy atom. The van der Waals surface area contributed by atoms with E-state index in [4.69, 9.17) is 5.26 Å². The molecule has 0 aliphatic carbocycles. The second-order valence-corrected chi connectivity index (χ2v) is 5.11. The highest BCUT2D eigenvalue weighted by Crippen LogP contribution is 2.29. The number of rotatable bonds is 2. The Bertz CT molecular complexity index is 656. The van der Waals surface area contributed by atoms with Crippen LogP contribution in [0.5, 0.6) is 0 Å². The van der Waals surface area contributed by atoms with Gasteiger partial charge in [-0.3, -0.25) is 0 Å². The standard InChI is InChI=1S/C17H15FN2/c18-16-7-8-17-15(10-16)2-1-9-20(17)12-14-5-3-13(11-19)4-6-14/h3-8,10H,1-2,9,12H2. The number of halogens is 1. The van der Waals surface area contributed by atoms with Crippen molar-refractivity contribution >= 4 is 5.69 Å². The lowest BCUT2D eigenvalue weighted by Crippen LogP contribution is -2.28. The predicted molar refractivity (Wildman–Crippen MR) is 76.9 cm³/mol. The van der Waals surface area contributed by atoms with Gasteiger partial charge < -0.3 is 4.90 Å². The molecule has 2 aromatic rings. The van der Waals surface area contributed by atoms with Crippen molar-refractivity contribution in [3.05, 3.63) is 65.0 Å². The summed E-state index contributed by atoms with van der Waals surface area (Å²) in [6.45, 7) is 1.78. The van der Waals surface area contributed by atoms with Crippen LogP contribution >= 0.6 is 0 Å². The molecule has 0 radical (unpaired) electrons. The summed E-state index contributed by atoms with van der Waals surface area (Å²) in [6, 6.07) is 14.8. The summed E-state index contributed by atoms with van der Waals surface area (Å²) in [4.78, 5) is 2.28. The maximum Gasteiger partial charge on any atom is 0.123 e. The summed E-state index contributed by atoms with van der Waals surface area (Å²) < 4.78 is 13.3. The lowest BCUT2D eigenvalue weighted by atomic mass is 10.0. The second kappa shape index (κ2) is 5.34. The molecule has 0 aromatic heterocycles. The van der Waals surface area contributed by atoms with Gasteiger partial charge in [0.05, 0.1) is 11.6 Å². The molecule has 0 N–H and O–H groups in total. The van der Waals surface area contributed by atoms with Crippen LogP contribution in [0.2, 0.25) is 0 Å². The first-order valence-corrected chi connectivity index (χ1v) is 6.79. The summed E-state index contributed by atoms with van der Waals surface area (Å²) >= 11 is 0. The van der Waals surface area contributed by atoms with Crippen molar-refractivity contribution in [2.45, 2.75) is 19.4 Å². The molecule has 2 nitrogen and oxygen atoms in total. The number of benzene rings is 2. The highest BCUT2D eigenvalue weighted by atomic mass is 19.1. The van der Waals surface area contributed by atoms with E-state index in [2.05, 4.69) is 11.0 Å². The van der Waals surface area contributed by atoms with Crippen LogP contribution in [0.1, 0.15) is 23.1 Å². The van der Waals surface area contributed by atoms with Crippen molar-refractivity contribution < 1.29 is 4.39 Å². The Hall–Kier alpha value is -2.34. The molecule has 0 saturated carbocycles. The third kappa shape index (κ3) is 2.50. The predicted octanol–water partition coefficient (Wildman–Crippen LogP) is 3.65. The molecule has 0 saturated heterocycles. The van der Waals surface area contributed by atoms with Crippen LogP contribution in [-0.4, -0.2) is 6.54 Å². The molecule has 1 aliphatic rings. The van der Waals surface area contributed by atoms with Crippen molar-refractivity contribution in [2.24, 2.45) is 0 Å². The van der Waals surface area contributed by atoms with Crippen molar-refractivity contribution in [1.29, 1.82) is 5.26 Å². The van der Waals surface area contributed by atoms with E-state index in [0.717, 1.165) is 37.2 Å². The van der Waals surface area contributed by atoms with Crippen LogP contribution in [0.3, 0.4) is 0 Å². The van der Waals surface area contributed by atoms with E-state index in [9.17, 15) is 4.39 Å². The Morgan fingerprint density at radius 3 is 2.70 bits per heavy atom. The normalized spacial score (nSPS) is 13.7. The van der Waals surface area contributed by atoms with Crippen LogP contribution in [-0.2, 0) is 13.0 Å². The zero-order valence-electron chi connectivity index (χ0n) is 11.1. The molecule has 0 amide bonds.